The minimum Gasteiger partial charge on any atom is -0.486 e. The molecule has 0 N–H and O–H groups in total. The van der Waals surface area contributed by atoms with Gasteiger partial charge >= 0.3 is 0 Å². The SMILES string of the molecule is COc1cnc(N2CC3(CCN(C(C)=O)C3)c3cc(Cl)ccc32)s1. The van der Waals surface area contributed by atoms with Crippen molar-refractivity contribution in [3.05, 3.63) is 35.0 Å². The Morgan fingerprint density at radius 1 is 1.42 bits per heavy atom. The van der Waals surface area contributed by atoms with Gasteiger partial charge in [0.05, 0.1) is 13.3 Å². The van der Waals surface area contributed by atoms with Crippen molar-refractivity contribution in [1.82, 2.24) is 9.88 Å². The monoisotopic (exact) mass is 363 g/mol. The van der Waals surface area contributed by atoms with E-state index in [9.17, 15) is 4.79 Å². The lowest BCUT2D eigenvalue weighted by Gasteiger charge is -2.25. The lowest BCUT2D eigenvalue weighted by atomic mass is 9.81. The molecule has 1 atom stereocenters. The number of aromatic nitrogens is 1. The minimum atomic E-state index is -0.0786. The number of nitrogens with zero attached hydrogens (tertiary/aromatic N) is 3. The molecule has 1 amide bonds. The third-order valence-corrected chi connectivity index (χ3v) is 6.20. The molecule has 0 aliphatic carbocycles. The molecule has 1 fully saturated rings. The summed E-state index contributed by atoms with van der Waals surface area (Å²) in [6, 6.07) is 6.01. The Bertz CT molecular complexity index is 809. The van der Waals surface area contributed by atoms with Crippen molar-refractivity contribution in [3.63, 3.8) is 0 Å². The number of benzene rings is 1. The zero-order valence-corrected chi connectivity index (χ0v) is 15.2. The highest BCUT2D eigenvalue weighted by Crippen LogP contribution is 2.50. The molecule has 4 rings (SSSR count). The molecule has 126 valence electrons. The van der Waals surface area contributed by atoms with E-state index in [-0.39, 0.29) is 11.3 Å². The van der Waals surface area contributed by atoms with Gasteiger partial charge in [-0.2, -0.15) is 0 Å². The maximum Gasteiger partial charge on any atom is 0.219 e. The summed E-state index contributed by atoms with van der Waals surface area (Å²) in [6.45, 7) is 3.96. The normalized spacial score (nSPS) is 22.3. The molecular formula is C17H18ClN3O2S. The molecule has 24 heavy (non-hydrogen) atoms. The quantitative estimate of drug-likeness (QED) is 0.819. The number of hydrogen-bond donors (Lipinski definition) is 0. The van der Waals surface area contributed by atoms with Crippen molar-refractivity contribution in [2.75, 3.05) is 31.6 Å². The number of amides is 1. The molecule has 2 aromatic rings. The summed E-state index contributed by atoms with van der Waals surface area (Å²) in [5.74, 6) is 0.129. The summed E-state index contributed by atoms with van der Waals surface area (Å²) in [5, 5.41) is 2.43. The number of ether oxygens (including phenoxy) is 1. The number of methoxy groups -OCH3 is 1. The van der Waals surface area contributed by atoms with E-state index < -0.39 is 0 Å². The lowest BCUT2D eigenvalue weighted by molar-refractivity contribution is -0.127. The second-order valence-electron chi connectivity index (χ2n) is 6.38. The number of thiazole rings is 1. The first-order valence-electron chi connectivity index (χ1n) is 7.85. The molecule has 0 radical (unpaired) electrons. The highest BCUT2D eigenvalue weighted by molar-refractivity contribution is 7.17. The van der Waals surface area contributed by atoms with Crippen LogP contribution < -0.4 is 9.64 Å². The van der Waals surface area contributed by atoms with E-state index in [1.165, 1.54) is 16.9 Å². The molecule has 1 aromatic carbocycles. The number of anilines is 2. The van der Waals surface area contributed by atoms with E-state index >= 15 is 0 Å². The number of hydrogen-bond acceptors (Lipinski definition) is 5. The van der Waals surface area contributed by atoms with Gasteiger partial charge in [-0.3, -0.25) is 4.79 Å². The second kappa shape index (κ2) is 5.63. The molecule has 3 heterocycles. The van der Waals surface area contributed by atoms with E-state index in [0.29, 0.717) is 0 Å². The van der Waals surface area contributed by atoms with Crippen LogP contribution in [-0.2, 0) is 10.2 Å². The van der Waals surface area contributed by atoms with Crippen molar-refractivity contribution < 1.29 is 9.53 Å². The Kier molecular flexibility index (Phi) is 3.69. The summed E-state index contributed by atoms with van der Waals surface area (Å²) >= 11 is 7.80. The van der Waals surface area contributed by atoms with Crippen molar-refractivity contribution in [2.24, 2.45) is 0 Å². The van der Waals surface area contributed by atoms with Crippen LogP contribution in [0, 0.1) is 0 Å². The van der Waals surface area contributed by atoms with E-state index in [4.69, 9.17) is 16.3 Å². The molecule has 1 saturated heterocycles. The van der Waals surface area contributed by atoms with Crippen LogP contribution in [0.3, 0.4) is 0 Å². The van der Waals surface area contributed by atoms with Gasteiger partial charge in [-0.05, 0) is 30.2 Å². The molecule has 0 bridgehead atoms. The topological polar surface area (TPSA) is 45.7 Å². The Hall–Kier alpha value is -1.79. The number of likely N-dealkylation sites (tertiary alicyclic amines) is 1. The molecular weight excluding hydrogens is 346 g/mol. The number of carbonyl (C=O) groups is 1. The van der Waals surface area contributed by atoms with Crippen LogP contribution in [0.4, 0.5) is 10.8 Å². The van der Waals surface area contributed by atoms with Crippen LogP contribution in [0.5, 0.6) is 5.06 Å². The molecule has 2 aliphatic heterocycles. The lowest BCUT2D eigenvalue weighted by Crippen LogP contribution is -2.36. The predicted molar refractivity (Wildman–Crippen MR) is 95.7 cm³/mol. The van der Waals surface area contributed by atoms with Crippen LogP contribution in [0.2, 0.25) is 5.02 Å². The van der Waals surface area contributed by atoms with Gasteiger partial charge in [0.15, 0.2) is 10.2 Å². The van der Waals surface area contributed by atoms with Gasteiger partial charge in [0.25, 0.3) is 0 Å². The molecule has 5 nitrogen and oxygen atoms in total. The molecule has 1 unspecified atom stereocenters. The Morgan fingerprint density at radius 2 is 2.25 bits per heavy atom. The van der Waals surface area contributed by atoms with Crippen molar-refractivity contribution in [3.8, 4) is 5.06 Å². The summed E-state index contributed by atoms with van der Waals surface area (Å²) in [6.07, 6.45) is 2.69. The van der Waals surface area contributed by atoms with E-state index in [2.05, 4.69) is 16.0 Å². The van der Waals surface area contributed by atoms with E-state index in [0.717, 1.165) is 47.0 Å². The van der Waals surface area contributed by atoms with Crippen LogP contribution in [-0.4, -0.2) is 42.5 Å². The van der Waals surface area contributed by atoms with Crippen molar-refractivity contribution >= 4 is 39.7 Å². The summed E-state index contributed by atoms with van der Waals surface area (Å²) in [5.41, 5.74) is 2.26. The van der Waals surface area contributed by atoms with E-state index in [1.807, 2.05) is 17.0 Å². The van der Waals surface area contributed by atoms with Crippen molar-refractivity contribution in [2.45, 2.75) is 18.8 Å². The fourth-order valence-electron chi connectivity index (χ4n) is 3.77. The van der Waals surface area contributed by atoms with Crippen LogP contribution in [0.15, 0.2) is 24.4 Å². The van der Waals surface area contributed by atoms with Gasteiger partial charge in [0, 0.05) is 42.7 Å². The van der Waals surface area contributed by atoms with Gasteiger partial charge in [-0.1, -0.05) is 22.9 Å². The molecule has 2 aliphatic rings. The smallest absolute Gasteiger partial charge is 0.219 e. The van der Waals surface area contributed by atoms with Crippen molar-refractivity contribution in [1.29, 1.82) is 0 Å². The third kappa shape index (κ3) is 2.36. The first-order chi connectivity index (χ1) is 11.5. The van der Waals surface area contributed by atoms with Crippen LogP contribution >= 0.6 is 22.9 Å². The van der Waals surface area contributed by atoms with Gasteiger partial charge in [-0.15, -0.1) is 0 Å². The average molecular weight is 364 g/mol. The summed E-state index contributed by atoms with van der Waals surface area (Å²) in [4.78, 5) is 20.5. The predicted octanol–water partition coefficient (Wildman–Crippen LogP) is 3.45. The average Bonchev–Trinajstić information content (AvgIpc) is 3.26. The van der Waals surface area contributed by atoms with Gasteiger partial charge in [0.1, 0.15) is 0 Å². The molecule has 0 saturated carbocycles. The number of rotatable bonds is 2. The fraction of sp³-hybridized carbons (Fsp3) is 0.412. The zero-order chi connectivity index (χ0) is 16.9. The number of halogens is 1. The fourth-order valence-corrected chi connectivity index (χ4v) is 4.69. The second-order valence-corrected chi connectivity index (χ2v) is 7.79. The summed E-state index contributed by atoms with van der Waals surface area (Å²) in [7, 11) is 1.65. The van der Waals surface area contributed by atoms with Gasteiger partial charge < -0.3 is 14.5 Å². The Labute approximate surface area is 149 Å². The molecule has 1 spiro atoms. The van der Waals surface area contributed by atoms with Crippen LogP contribution in [0.25, 0.3) is 0 Å². The maximum absolute atomic E-state index is 11.8. The number of carbonyl (C=O) groups excluding carboxylic acids is 1. The largest absolute Gasteiger partial charge is 0.486 e. The first kappa shape index (κ1) is 15.7. The molecule has 7 heteroatoms. The molecule has 1 aromatic heterocycles. The Balaban J connectivity index is 1.77. The summed E-state index contributed by atoms with van der Waals surface area (Å²) < 4.78 is 5.28. The van der Waals surface area contributed by atoms with Gasteiger partial charge in [-0.25, -0.2) is 4.98 Å². The zero-order valence-electron chi connectivity index (χ0n) is 13.6. The van der Waals surface area contributed by atoms with Gasteiger partial charge in [0.2, 0.25) is 5.91 Å². The van der Waals surface area contributed by atoms with Crippen LogP contribution in [0.1, 0.15) is 18.9 Å². The highest BCUT2D eigenvalue weighted by atomic mass is 35.5. The standard InChI is InChI=1S/C17H18ClN3O2S/c1-11(22)20-6-5-17(9-20)10-21(16-19-8-15(23-2)24-16)14-4-3-12(18)7-13(14)17/h3-4,7-8H,5-6,9-10H2,1-2H3. The highest BCUT2D eigenvalue weighted by Gasteiger charge is 2.48. The number of fused-ring (bicyclic) bond motifs is 2. The maximum atomic E-state index is 11.8. The van der Waals surface area contributed by atoms with E-state index in [1.54, 1.807) is 20.2 Å². The Morgan fingerprint density at radius 3 is 2.92 bits per heavy atom. The minimum absolute atomic E-state index is 0.0786. The third-order valence-electron chi connectivity index (χ3n) is 4.99. The first-order valence-corrected chi connectivity index (χ1v) is 9.05.